The fourth-order valence-corrected chi connectivity index (χ4v) is 10.9. The predicted molar refractivity (Wildman–Crippen MR) is 246 cm³/mol. The second-order valence-corrected chi connectivity index (χ2v) is 18.9. The Balaban J connectivity index is 0.717. The van der Waals surface area contributed by atoms with Crippen molar-refractivity contribution in [1.29, 1.82) is 0 Å². The van der Waals surface area contributed by atoms with Gasteiger partial charge in [-0.2, -0.15) is 4.98 Å². The Morgan fingerprint density at radius 3 is 2.33 bits per heavy atom. The van der Waals surface area contributed by atoms with Gasteiger partial charge in [-0.1, -0.05) is 11.6 Å². The quantitative estimate of drug-likeness (QED) is 0.171. The maximum atomic E-state index is 13.5. The van der Waals surface area contributed by atoms with E-state index in [1.807, 2.05) is 38.1 Å². The van der Waals surface area contributed by atoms with Crippen LogP contribution in [0.1, 0.15) is 92.0 Å². The van der Waals surface area contributed by atoms with Crippen molar-refractivity contribution < 1.29 is 33.4 Å². The Kier molecular flexibility index (Phi) is 11.7. The standard InChI is InChI=1S/C47H53ClN10O8/c1-25(2)56-37-9-4-27(16-26(37)17-39(46(56)64)65-24-41(60)49-3)51-42-36(48)21-50-47(53-42)54-14-12-32(13-15-54)66-33-18-31(19-33)57-29-5-6-30(57)23-55(22-29)28-7-8-34-35(20-28)45(63)58(44(34)62)38-10-11-40(59)52-43(38)61/h4,7-9,16-17,20-21,25,29-33,38H,5-6,10-15,18-19,22-24H2,1-3H3,(H,49,60)(H,50,51,53)(H,52,59,61). The summed E-state index contributed by atoms with van der Waals surface area (Å²) in [7, 11) is 1.51. The lowest BCUT2D eigenvalue weighted by atomic mass is 9.85. The van der Waals surface area contributed by atoms with Gasteiger partial charge in [-0.3, -0.25) is 43.9 Å². The van der Waals surface area contributed by atoms with Crippen LogP contribution in [0.2, 0.25) is 5.02 Å². The first-order chi connectivity index (χ1) is 31.8. The second-order valence-electron chi connectivity index (χ2n) is 18.5. The number of fused-ring (bicyclic) bond motifs is 4. The summed E-state index contributed by atoms with van der Waals surface area (Å²) in [4.78, 5) is 93.7. The number of carbonyl (C=O) groups is 5. The lowest BCUT2D eigenvalue weighted by Gasteiger charge is -2.51. The van der Waals surface area contributed by atoms with E-state index in [2.05, 4.69) is 35.6 Å². The van der Waals surface area contributed by atoms with Crippen LogP contribution in [0, 0.1) is 0 Å². The Morgan fingerprint density at radius 1 is 0.879 bits per heavy atom. The van der Waals surface area contributed by atoms with Crippen LogP contribution in [0.3, 0.4) is 0 Å². The molecule has 346 valence electrons. The molecule has 6 aliphatic rings. The summed E-state index contributed by atoms with van der Waals surface area (Å²) in [6, 6.07) is 12.8. The van der Waals surface area contributed by atoms with Crippen molar-refractivity contribution in [3.05, 3.63) is 75.2 Å². The summed E-state index contributed by atoms with van der Waals surface area (Å²) < 4.78 is 13.9. The van der Waals surface area contributed by atoms with Gasteiger partial charge in [-0.25, -0.2) is 4.98 Å². The molecule has 2 aromatic carbocycles. The maximum Gasteiger partial charge on any atom is 0.293 e. The molecule has 1 aliphatic carbocycles. The number of likely N-dealkylation sites (N-methyl/N-ethyl adjacent to an activating group) is 1. The lowest BCUT2D eigenvalue weighted by Crippen LogP contribution is -2.61. The Morgan fingerprint density at radius 2 is 1.62 bits per heavy atom. The number of benzene rings is 2. The molecule has 19 heteroatoms. The molecule has 2 aromatic heterocycles. The number of nitrogens with one attached hydrogen (secondary N) is 3. The SMILES string of the molecule is CNC(=O)COc1cc2cc(Nc3nc(N4CCC(OC5CC(N6C7CCC6CN(c6ccc8c(c6)C(=O)N(C6CCC(=O)NC6=O)C8=O)C7)C5)CC4)ncc3Cl)ccc2n(C(C)C)c1=O. The van der Waals surface area contributed by atoms with Crippen LogP contribution in [0.5, 0.6) is 5.75 Å². The summed E-state index contributed by atoms with van der Waals surface area (Å²) in [6.45, 7) is 6.72. The van der Waals surface area contributed by atoms with Crippen molar-refractivity contribution in [2.24, 2.45) is 0 Å². The van der Waals surface area contributed by atoms with E-state index >= 15 is 0 Å². The highest BCUT2D eigenvalue weighted by atomic mass is 35.5. The minimum Gasteiger partial charge on any atom is -0.478 e. The molecular formula is C47H53ClN10O8. The van der Waals surface area contributed by atoms with Crippen molar-refractivity contribution in [3.8, 4) is 5.75 Å². The van der Waals surface area contributed by atoms with E-state index in [1.165, 1.54) is 7.05 Å². The van der Waals surface area contributed by atoms with E-state index in [9.17, 15) is 28.8 Å². The fraction of sp³-hybridized carbons (Fsp3) is 0.489. The van der Waals surface area contributed by atoms with Crippen LogP contribution >= 0.6 is 11.6 Å². The number of amides is 5. The number of hydrogen-bond donors (Lipinski definition) is 3. The van der Waals surface area contributed by atoms with Crippen LogP contribution in [0.15, 0.2) is 53.5 Å². The minimum absolute atomic E-state index is 0.0864. The number of imide groups is 2. The summed E-state index contributed by atoms with van der Waals surface area (Å²) in [6.07, 6.45) is 8.12. The van der Waals surface area contributed by atoms with E-state index in [0.29, 0.717) is 51.7 Å². The lowest BCUT2D eigenvalue weighted by molar-refractivity contribution is -0.136. The molecule has 2 bridgehead atoms. The van der Waals surface area contributed by atoms with Gasteiger partial charge in [-0.05, 0) is 101 Å². The average molecular weight is 921 g/mol. The van der Waals surface area contributed by atoms with Crippen LogP contribution in [-0.2, 0) is 19.1 Å². The molecule has 5 aliphatic heterocycles. The number of halogens is 1. The molecular weight excluding hydrogens is 868 g/mol. The number of anilines is 4. The van der Waals surface area contributed by atoms with E-state index in [0.717, 1.165) is 86.2 Å². The Bertz CT molecular complexity index is 2680. The van der Waals surface area contributed by atoms with Crippen LogP contribution in [-0.4, -0.2) is 130 Å². The number of rotatable bonds is 12. The number of hydrogen-bond acceptors (Lipinski definition) is 14. The van der Waals surface area contributed by atoms with Gasteiger partial charge < -0.3 is 34.5 Å². The monoisotopic (exact) mass is 920 g/mol. The Hall–Kier alpha value is -6.11. The molecule has 7 heterocycles. The highest BCUT2D eigenvalue weighted by Crippen LogP contribution is 2.42. The number of carbonyl (C=O) groups excluding carboxylic acids is 5. The van der Waals surface area contributed by atoms with Gasteiger partial charge in [0.25, 0.3) is 23.3 Å². The van der Waals surface area contributed by atoms with Crippen molar-refractivity contribution in [2.75, 3.05) is 55.0 Å². The van der Waals surface area contributed by atoms with Gasteiger partial charge in [0.1, 0.15) is 11.1 Å². The van der Waals surface area contributed by atoms with Crippen LogP contribution < -0.4 is 36.0 Å². The molecule has 4 saturated heterocycles. The van der Waals surface area contributed by atoms with Crippen molar-refractivity contribution in [3.63, 3.8) is 0 Å². The number of piperidine rings is 2. The summed E-state index contributed by atoms with van der Waals surface area (Å²) in [5.74, 6) is -1.19. The minimum atomic E-state index is -0.983. The first kappa shape index (κ1) is 43.8. The Labute approximate surface area is 385 Å². The number of nitrogens with zero attached hydrogens (tertiary/aromatic N) is 7. The molecule has 3 atom stereocenters. The highest BCUT2D eigenvalue weighted by molar-refractivity contribution is 6.33. The zero-order valence-corrected chi connectivity index (χ0v) is 37.9. The smallest absolute Gasteiger partial charge is 0.293 e. The van der Waals surface area contributed by atoms with Crippen LogP contribution in [0.4, 0.5) is 23.1 Å². The van der Waals surface area contributed by atoms with Crippen LogP contribution in [0.25, 0.3) is 10.9 Å². The van der Waals surface area contributed by atoms with Gasteiger partial charge in [0, 0.05) is 80.6 Å². The third-order valence-electron chi connectivity index (χ3n) is 14.1. The number of piperazine rings is 1. The largest absolute Gasteiger partial charge is 0.478 e. The van der Waals surface area contributed by atoms with Gasteiger partial charge in [-0.15, -0.1) is 0 Å². The summed E-state index contributed by atoms with van der Waals surface area (Å²) in [5, 5.41) is 9.21. The van der Waals surface area contributed by atoms with E-state index in [4.69, 9.17) is 26.1 Å². The zero-order valence-electron chi connectivity index (χ0n) is 37.1. The normalized spacial score (nSPS) is 24.5. The molecule has 10 rings (SSSR count). The fourth-order valence-electron chi connectivity index (χ4n) is 10.7. The first-order valence-corrected chi connectivity index (χ1v) is 23.3. The highest BCUT2D eigenvalue weighted by Gasteiger charge is 2.49. The number of aromatic nitrogens is 3. The van der Waals surface area contributed by atoms with E-state index < -0.39 is 29.7 Å². The summed E-state index contributed by atoms with van der Waals surface area (Å²) >= 11 is 6.61. The molecule has 0 spiro atoms. The third kappa shape index (κ3) is 8.12. The molecule has 0 radical (unpaired) electrons. The summed E-state index contributed by atoms with van der Waals surface area (Å²) in [5.41, 5.74) is 2.64. The molecule has 3 N–H and O–H groups in total. The maximum absolute atomic E-state index is 13.5. The van der Waals surface area contributed by atoms with Crippen molar-refractivity contribution in [1.82, 2.24) is 35.0 Å². The number of ether oxygens (including phenoxy) is 2. The first-order valence-electron chi connectivity index (χ1n) is 22.9. The molecule has 5 amide bonds. The van der Waals surface area contributed by atoms with Gasteiger partial charge >= 0.3 is 0 Å². The third-order valence-corrected chi connectivity index (χ3v) is 14.4. The van der Waals surface area contributed by atoms with Gasteiger partial charge in [0.2, 0.25) is 17.8 Å². The molecule has 66 heavy (non-hydrogen) atoms. The van der Waals surface area contributed by atoms with E-state index in [-0.39, 0.29) is 54.9 Å². The van der Waals surface area contributed by atoms with Crippen molar-refractivity contribution >= 4 is 75.2 Å². The molecule has 1 saturated carbocycles. The molecule has 4 aromatic rings. The van der Waals surface area contributed by atoms with Gasteiger partial charge in [0.05, 0.1) is 35.0 Å². The number of pyridine rings is 1. The second kappa shape index (κ2) is 17.6. The predicted octanol–water partition coefficient (Wildman–Crippen LogP) is 4.17. The molecule has 3 unspecified atom stereocenters. The topological polar surface area (TPSA) is 201 Å². The molecule has 18 nitrogen and oxygen atoms in total. The zero-order chi connectivity index (χ0) is 46.0. The van der Waals surface area contributed by atoms with Gasteiger partial charge in [0.15, 0.2) is 18.2 Å². The average Bonchev–Trinajstić information content (AvgIpc) is 3.68. The molecule has 5 fully saturated rings. The van der Waals surface area contributed by atoms with E-state index in [1.54, 1.807) is 29.0 Å². The van der Waals surface area contributed by atoms with Crippen molar-refractivity contribution in [2.45, 2.75) is 108 Å².